The Morgan fingerprint density at radius 2 is 1.95 bits per heavy atom. The normalized spacial score (nSPS) is 12.5. The summed E-state index contributed by atoms with van der Waals surface area (Å²) in [6, 6.07) is 6.51. The number of amidine groups is 1. The molecule has 0 bridgehead atoms. The molecule has 0 aliphatic carbocycles. The van der Waals surface area contributed by atoms with Crippen molar-refractivity contribution in [2.45, 2.75) is 33.6 Å². The van der Waals surface area contributed by atoms with Crippen LogP contribution in [0.3, 0.4) is 0 Å². The molecule has 0 aliphatic rings. The van der Waals surface area contributed by atoms with Crippen molar-refractivity contribution < 1.29 is 9.60 Å². The van der Waals surface area contributed by atoms with Crippen molar-refractivity contribution >= 4 is 11.5 Å². The summed E-state index contributed by atoms with van der Waals surface area (Å²) in [5.41, 5.74) is 6.36. The van der Waals surface area contributed by atoms with Gasteiger partial charge in [-0.1, -0.05) is 19.0 Å². The van der Waals surface area contributed by atoms with Crippen LogP contribution >= 0.6 is 0 Å². The minimum Gasteiger partial charge on any atom is -0.409 e. The summed E-state index contributed by atoms with van der Waals surface area (Å²) >= 11 is 0. The molecular weight excluding hydrogens is 257 g/mol. The molecule has 0 fully saturated rings. The van der Waals surface area contributed by atoms with Crippen LogP contribution in [0.1, 0.15) is 33.6 Å². The number of benzene rings is 1. The lowest BCUT2D eigenvalue weighted by atomic mass is 9.86. The average molecular weight is 281 g/mol. The van der Waals surface area contributed by atoms with Crippen molar-refractivity contribution in [3.8, 4) is 0 Å². The number of hydrogen-bond donors (Lipinski definition) is 2. The zero-order chi connectivity index (χ0) is 15.2. The molecule has 1 aromatic carbocycles. The van der Waals surface area contributed by atoms with E-state index in [1.165, 1.54) is 12.1 Å². The van der Waals surface area contributed by atoms with Crippen LogP contribution in [0.15, 0.2) is 29.4 Å². The molecule has 0 unspecified atom stereocenters. The van der Waals surface area contributed by atoms with E-state index in [-0.39, 0.29) is 17.1 Å². The molecule has 4 nitrogen and oxygen atoms in total. The van der Waals surface area contributed by atoms with E-state index < -0.39 is 0 Å². The van der Waals surface area contributed by atoms with Gasteiger partial charge in [0.1, 0.15) is 11.7 Å². The van der Waals surface area contributed by atoms with E-state index in [1.54, 1.807) is 12.1 Å². The Morgan fingerprint density at radius 1 is 1.35 bits per heavy atom. The molecule has 0 aromatic heterocycles. The number of nitrogens with two attached hydrogens (primary N) is 1. The van der Waals surface area contributed by atoms with E-state index in [2.05, 4.69) is 17.0 Å². The number of nitrogens with zero attached hydrogens (tertiary/aromatic N) is 2. The van der Waals surface area contributed by atoms with Crippen LogP contribution in [0.2, 0.25) is 0 Å². The minimum absolute atomic E-state index is 0.224. The summed E-state index contributed by atoms with van der Waals surface area (Å²) < 4.78 is 12.9. The van der Waals surface area contributed by atoms with Gasteiger partial charge in [-0.05, 0) is 44.0 Å². The zero-order valence-corrected chi connectivity index (χ0v) is 12.4. The fraction of sp³-hybridized carbons (Fsp3) is 0.533. The Labute approximate surface area is 120 Å². The van der Waals surface area contributed by atoms with Crippen LogP contribution in [0.4, 0.5) is 10.1 Å². The second kappa shape index (κ2) is 7.12. The van der Waals surface area contributed by atoms with Crippen LogP contribution in [0, 0.1) is 11.2 Å². The van der Waals surface area contributed by atoms with Gasteiger partial charge >= 0.3 is 0 Å². The fourth-order valence-electron chi connectivity index (χ4n) is 2.10. The first-order chi connectivity index (χ1) is 9.40. The Morgan fingerprint density at radius 3 is 2.45 bits per heavy atom. The van der Waals surface area contributed by atoms with Gasteiger partial charge in [0.25, 0.3) is 0 Å². The monoisotopic (exact) mass is 281 g/mol. The van der Waals surface area contributed by atoms with Crippen LogP contribution in [-0.2, 0) is 0 Å². The second-order valence-electron chi connectivity index (χ2n) is 5.53. The van der Waals surface area contributed by atoms with E-state index in [1.807, 2.05) is 13.8 Å². The predicted molar refractivity (Wildman–Crippen MR) is 80.7 cm³/mol. The maximum Gasteiger partial charge on any atom is 0.144 e. The lowest BCUT2D eigenvalue weighted by Crippen LogP contribution is -2.33. The van der Waals surface area contributed by atoms with Gasteiger partial charge in [-0.25, -0.2) is 4.39 Å². The van der Waals surface area contributed by atoms with Crippen molar-refractivity contribution in [3.63, 3.8) is 0 Å². The Balaban J connectivity index is 2.56. The van der Waals surface area contributed by atoms with E-state index in [0.29, 0.717) is 0 Å². The third-order valence-corrected chi connectivity index (χ3v) is 3.60. The Kier molecular flexibility index (Phi) is 5.80. The van der Waals surface area contributed by atoms with Gasteiger partial charge in [0.2, 0.25) is 0 Å². The molecular formula is C15H24FN3O. The van der Waals surface area contributed by atoms with Crippen molar-refractivity contribution in [3.05, 3.63) is 30.1 Å². The summed E-state index contributed by atoms with van der Waals surface area (Å²) in [6.45, 7) is 7.68. The zero-order valence-electron chi connectivity index (χ0n) is 12.4. The van der Waals surface area contributed by atoms with Gasteiger partial charge < -0.3 is 15.8 Å². The van der Waals surface area contributed by atoms with Crippen LogP contribution in [-0.4, -0.2) is 24.1 Å². The highest BCUT2D eigenvalue weighted by Crippen LogP contribution is 2.23. The molecule has 112 valence electrons. The van der Waals surface area contributed by atoms with Crippen LogP contribution in [0.5, 0.6) is 0 Å². The first-order valence-corrected chi connectivity index (χ1v) is 6.89. The molecule has 0 spiro atoms. The van der Waals surface area contributed by atoms with E-state index in [9.17, 15) is 4.39 Å². The summed E-state index contributed by atoms with van der Waals surface area (Å²) in [5.74, 6) is 0.0280. The minimum atomic E-state index is -0.322. The molecule has 0 heterocycles. The maximum absolute atomic E-state index is 12.9. The molecule has 1 aromatic rings. The highest BCUT2D eigenvalue weighted by Gasteiger charge is 2.23. The number of anilines is 1. The number of halogens is 1. The average Bonchev–Trinajstić information content (AvgIpc) is 2.43. The lowest BCUT2D eigenvalue weighted by Gasteiger charge is -2.27. The topological polar surface area (TPSA) is 61.8 Å². The summed E-state index contributed by atoms with van der Waals surface area (Å²) in [6.07, 6.45) is 1.73. The first kappa shape index (κ1) is 16.3. The highest BCUT2D eigenvalue weighted by molar-refractivity contribution is 5.85. The van der Waals surface area contributed by atoms with Crippen LogP contribution < -0.4 is 10.6 Å². The smallest absolute Gasteiger partial charge is 0.144 e. The quantitative estimate of drug-likeness (QED) is 0.349. The van der Waals surface area contributed by atoms with Gasteiger partial charge in [-0.3, -0.25) is 0 Å². The molecule has 1 rings (SSSR count). The van der Waals surface area contributed by atoms with E-state index >= 15 is 0 Å². The largest absolute Gasteiger partial charge is 0.409 e. The van der Waals surface area contributed by atoms with Crippen molar-refractivity contribution in [1.82, 2.24) is 0 Å². The molecule has 0 saturated carbocycles. The molecule has 20 heavy (non-hydrogen) atoms. The Bertz CT molecular complexity index is 443. The lowest BCUT2D eigenvalue weighted by molar-refractivity contribution is 0.304. The van der Waals surface area contributed by atoms with Crippen molar-refractivity contribution in [2.75, 3.05) is 18.0 Å². The third-order valence-electron chi connectivity index (χ3n) is 3.60. The summed E-state index contributed by atoms with van der Waals surface area (Å²) in [4.78, 5) is 2.18. The predicted octanol–water partition coefficient (Wildman–Crippen LogP) is 3.20. The van der Waals surface area contributed by atoms with Gasteiger partial charge in [0.15, 0.2) is 0 Å². The molecule has 0 aliphatic heterocycles. The molecule has 0 radical (unpaired) electrons. The van der Waals surface area contributed by atoms with Crippen molar-refractivity contribution in [2.24, 2.45) is 16.3 Å². The molecule has 5 heteroatoms. The number of oxime groups is 1. The number of hydrogen-bond acceptors (Lipinski definition) is 3. The highest BCUT2D eigenvalue weighted by atomic mass is 19.1. The second-order valence-corrected chi connectivity index (χ2v) is 5.53. The van der Waals surface area contributed by atoms with Crippen LogP contribution in [0.25, 0.3) is 0 Å². The molecule has 3 N–H and O–H groups in total. The fourth-order valence-corrected chi connectivity index (χ4v) is 2.10. The first-order valence-electron chi connectivity index (χ1n) is 6.89. The van der Waals surface area contributed by atoms with E-state index in [0.717, 1.165) is 31.6 Å². The molecule has 0 amide bonds. The van der Waals surface area contributed by atoms with E-state index in [4.69, 9.17) is 10.9 Å². The van der Waals surface area contributed by atoms with Gasteiger partial charge in [0.05, 0.1) is 0 Å². The van der Waals surface area contributed by atoms with Gasteiger partial charge in [-0.2, -0.15) is 0 Å². The Hall–Kier alpha value is -1.78. The summed E-state index contributed by atoms with van der Waals surface area (Å²) in [5, 5.41) is 11.8. The molecule has 0 atom stereocenters. The molecule has 0 saturated heterocycles. The SMILES string of the molecule is CCN(CCCC(C)(C)C(N)=NO)c1ccc(F)cc1. The number of rotatable bonds is 7. The van der Waals surface area contributed by atoms with Gasteiger partial charge in [-0.15, -0.1) is 0 Å². The van der Waals surface area contributed by atoms with Gasteiger partial charge in [0, 0.05) is 24.2 Å². The standard InChI is InChI=1S/C15H24FN3O/c1-4-19(13-8-6-12(16)7-9-13)11-5-10-15(2,3)14(17)18-20/h6-9,20H,4-5,10-11H2,1-3H3,(H2,17,18). The maximum atomic E-state index is 12.9. The summed E-state index contributed by atoms with van der Waals surface area (Å²) in [7, 11) is 0. The van der Waals surface area contributed by atoms with Crippen molar-refractivity contribution in [1.29, 1.82) is 0 Å². The third kappa shape index (κ3) is 4.40.